The van der Waals surface area contributed by atoms with Crippen molar-refractivity contribution in [2.75, 3.05) is 0 Å². The molecule has 2 heterocycles. The molecule has 7 heteroatoms. The van der Waals surface area contributed by atoms with Gasteiger partial charge >= 0.3 is 79.3 Å². The summed E-state index contributed by atoms with van der Waals surface area (Å²) in [4.78, 5) is 7.57. The molecule has 0 aliphatic carbocycles. The molecule has 0 aliphatic heterocycles. The van der Waals surface area contributed by atoms with E-state index in [2.05, 4.69) is 73.2 Å². The maximum atomic E-state index is 4.49. The molecule has 0 spiro atoms. The third-order valence-electron chi connectivity index (χ3n) is 1.55. The fourth-order valence-electron chi connectivity index (χ4n) is 0.965. The van der Waals surface area contributed by atoms with Crippen molar-refractivity contribution in [3.63, 3.8) is 0 Å². The van der Waals surface area contributed by atoms with Gasteiger partial charge in [0.05, 0.1) is 0 Å². The van der Waals surface area contributed by atoms with Crippen molar-refractivity contribution >= 4 is 39.1 Å². The van der Waals surface area contributed by atoms with E-state index in [1.807, 2.05) is 36.4 Å². The summed E-state index contributed by atoms with van der Waals surface area (Å²) in [6, 6.07) is 11.4. The predicted octanol–water partition coefficient (Wildman–Crippen LogP) is 6.22. The molecule has 3 nitrogen and oxygen atoms in total. The second-order valence-electron chi connectivity index (χ2n) is 4.74. The first-order chi connectivity index (χ1) is 9.71. The van der Waals surface area contributed by atoms with Crippen LogP contribution in [0.3, 0.4) is 0 Å². The van der Waals surface area contributed by atoms with E-state index < -0.39 is 10.6 Å². The van der Waals surface area contributed by atoms with Crippen molar-refractivity contribution < 1.29 is 10.6 Å². The van der Waals surface area contributed by atoms with Gasteiger partial charge in [0, 0.05) is 24.8 Å². The molecule has 21 heavy (non-hydrogen) atoms. The molecule has 0 saturated carbocycles. The van der Waals surface area contributed by atoms with Crippen molar-refractivity contribution in [3.05, 3.63) is 61.2 Å². The van der Waals surface area contributed by atoms with Gasteiger partial charge < -0.3 is 0 Å². The van der Waals surface area contributed by atoms with Gasteiger partial charge in [0.1, 0.15) is 0 Å². The SMILES string of the molecule is CC(C)(C)[N]=[Nb]([Br])([Br])[Br].c1ccncc1.c1ccncc1. The maximum absolute atomic E-state index is 4.49. The summed E-state index contributed by atoms with van der Waals surface area (Å²) in [7, 11) is -2.29. The van der Waals surface area contributed by atoms with Crippen LogP contribution in [0, 0.1) is 0 Å². The van der Waals surface area contributed by atoms with Crippen molar-refractivity contribution in [1.29, 1.82) is 0 Å². The average molecular weight is 562 g/mol. The number of hydrogen-bond donors (Lipinski definition) is 0. The van der Waals surface area contributed by atoms with Gasteiger partial charge in [-0.05, 0) is 24.3 Å². The van der Waals surface area contributed by atoms with Gasteiger partial charge in [-0.2, -0.15) is 0 Å². The monoisotopic (exact) mass is 559 g/mol. The first kappa shape index (κ1) is 21.3. The third kappa shape index (κ3) is 20.3. The van der Waals surface area contributed by atoms with E-state index in [1.54, 1.807) is 24.8 Å². The molecule has 0 amide bonds. The van der Waals surface area contributed by atoms with Crippen molar-refractivity contribution in [1.82, 2.24) is 9.97 Å². The summed E-state index contributed by atoms with van der Waals surface area (Å²) in [5.41, 5.74) is 0.0576. The Balaban J connectivity index is 0.000000293. The van der Waals surface area contributed by atoms with E-state index in [0.29, 0.717) is 0 Å². The Labute approximate surface area is 149 Å². The first-order valence-electron chi connectivity index (χ1n) is 6.13. The minimum Gasteiger partial charge on any atom is -0.265 e. The Morgan fingerprint density at radius 1 is 0.714 bits per heavy atom. The van der Waals surface area contributed by atoms with Gasteiger partial charge in [-0.1, -0.05) is 12.1 Å². The molecule has 0 atom stereocenters. The van der Waals surface area contributed by atoms with E-state index in [9.17, 15) is 0 Å². The summed E-state index contributed by atoms with van der Waals surface area (Å²) in [5.74, 6) is 0. The van der Waals surface area contributed by atoms with Crippen LogP contribution in [0.4, 0.5) is 0 Å². The minimum atomic E-state index is -2.29. The topological polar surface area (TPSA) is 38.1 Å². The molecule has 0 N–H and O–H groups in total. The maximum Gasteiger partial charge on any atom is 0.0267 e. The van der Waals surface area contributed by atoms with Crippen LogP contribution in [-0.2, 0) is 10.6 Å². The number of hydrogen-bond acceptors (Lipinski definition) is 3. The van der Waals surface area contributed by atoms with Crippen LogP contribution < -0.4 is 0 Å². The zero-order valence-electron chi connectivity index (χ0n) is 12.2. The minimum absolute atomic E-state index is 0.0576. The van der Waals surface area contributed by atoms with Crippen molar-refractivity contribution in [2.24, 2.45) is 3.34 Å². The van der Waals surface area contributed by atoms with E-state index in [-0.39, 0.29) is 5.54 Å². The Morgan fingerprint density at radius 3 is 1.10 bits per heavy atom. The zero-order valence-corrected chi connectivity index (χ0v) is 19.2. The normalized spacial score (nSPS) is 10.4. The molecule has 2 aromatic rings. The van der Waals surface area contributed by atoms with E-state index in [1.165, 1.54) is 0 Å². The Kier molecular flexibility index (Phi) is 12.0. The van der Waals surface area contributed by atoms with Crippen LogP contribution in [0.25, 0.3) is 0 Å². The first-order valence-corrected chi connectivity index (χ1v) is 22.2. The molecular formula is C14H19Br3N3Nb. The molecule has 0 radical (unpaired) electrons. The second-order valence-corrected chi connectivity index (χ2v) is 42.4. The van der Waals surface area contributed by atoms with Crippen molar-refractivity contribution in [3.8, 4) is 0 Å². The fraction of sp³-hybridized carbons (Fsp3) is 0.286. The van der Waals surface area contributed by atoms with Crippen LogP contribution in [0.15, 0.2) is 64.5 Å². The number of rotatable bonds is 0. The van der Waals surface area contributed by atoms with E-state index >= 15 is 0 Å². The molecule has 116 valence electrons. The Hall–Kier alpha value is 0.280. The Bertz CT molecular complexity index is 417. The molecule has 0 fully saturated rings. The zero-order chi connectivity index (χ0) is 16.2. The molecule has 0 saturated heterocycles. The molecule has 0 aromatic carbocycles. The fourth-order valence-corrected chi connectivity index (χ4v) is 11.1. The van der Waals surface area contributed by atoms with Gasteiger partial charge in [0.2, 0.25) is 0 Å². The summed E-state index contributed by atoms with van der Waals surface area (Å²) in [6.07, 6.45) is 7.00. The van der Waals surface area contributed by atoms with Gasteiger partial charge in [-0.3, -0.25) is 9.97 Å². The van der Waals surface area contributed by atoms with E-state index in [0.717, 1.165) is 0 Å². The molecule has 2 aromatic heterocycles. The largest absolute Gasteiger partial charge is 0.265 e. The van der Waals surface area contributed by atoms with Crippen LogP contribution >= 0.6 is 39.1 Å². The van der Waals surface area contributed by atoms with Crippen molar-refractivity contribution in [2.45, 2.75) is 26.3 Å². The Morgan fingerprint density at radius 2 is 1.05 bits per heavy atom. The van der Waals surface area contributed by atoms with Crippen LogP contribution in [0.5, 0.6) is 0 Å². The molecular weight excluding hydrogens is 543 g/mol. The van der Waals surface area contributed by atoms with Gasteiger partial charge in [0.25, 0.3) is 0 Å². The van der Waals surface area contributed by atoms with E-state index in [4.69, 9.17) is 0 Å². The average Bonchev–Trinajstić information content (AvgIpc) is 2.40. The summed E-state index contributed by atoms with van der Waals surface area (Å²) < 4.78 is 4.49. The van der Waals surface area contributed by atoms with Gasteiger partial charge in [-0.15, -0.1) is 0 Å². The molecule has 0 aliphatic rings. The summed E-state index contributed by atoms with van der Waals surface area (Å²) in [6.45, 7) is 6.25. The standard InChI is InChI=1S/2C5H5N.C4H9N.3BrH.Nb/c2*1-2-4-6-5-3-1;1-4(2,3)5;;;;/h2*1-5H;1-3H3;3*1H;/q;;;;;;+3/p-3. The van der Waals surface area contributed by atoms with Crippen LogP contribution in [-0.4, -0.2) is 15.5 Å². The predicted molar refractivity (Wildman–Crippen MR) is 97.4 cm³/mol. The quantitative estimate of drug-likeness (QED) is 0.359. The number of pyridine rings is 2. The molecule has 0 unspecified atom stereocenters. The van der Waals surface area contributed by atoms with Gasteiger partial charge in [-0.25, -0.2) is 0 Å². The third-order valence-corrected chi connectivity index (χ3v) is 6.39. The molecule has 2 rings (SSSR count). The molecule has 0 bridgehead atoms. The number of aromatic nitrogens is 2. The van der Waals surface area contributed by atoms with Gasteiger partial charge in [0.15, 0.2) is 0 Å². The second kappa shape index (κ2) is 11.8. The number of halogens is 3. The van der Waals surface area contributed by atoms with Crippen LogP contribution in [0.2, 0.25) is 0 Å². The summed E-state index contributed by atoms with van der Waals surface area (Å²) in [5, 5.41) is 0. The summed E-state index contributed by atoms with van der Waals surface area (Å²) >= 11 is 10.4. The number of nitrogens with zero attached hydrogens (tertiary/aromatic N) is 3. The smallest absolute Gasteiger partial charge is 0.0267 e. The van der Waals surface area contributed by atoms with Crippen LogP contribution in [0.1, 0.15) is 20.8 Å².